The molecule has 9 nitrogen and oxygen atoms in total. The Bertz CT molecular complexity index is 1170. The van der Waals surface area contributed by atoms with Gasteiger partial charge in [-0.3, -0.25) is 19.7 Å². The topological polar surface area (TPSA) is 123 Å². The molecule has 33 heavy (non-hydrogen) atoms. The van der Waals surface area contributed by atoms with E-state index in [-0.39, 0.29) is 17.4 Å². The highest BCUT2D eigenvalue weighted by Crippen LogP contribution is 2.39. The number of hydrogen-bond acceptors (Lipinski definition) is 7. The third-order valence-electron chi connectivity index (χ3n) is 5.60. The largest absolute Gasteiger partial charge is 0.481 e. The number of hydrogen-bond donors (Lipinski definition) is 1. The molecule has 0 aliphatic carbocycles. The summed E-state index contributed by atoms with van der Waals surface area (Å²) in [6, 6.07) is 16.7. The first-order chi connectivity index (χ1) is 15.9. The lowest BCUT2D eigenvalue weighted by Crippen LogP contribution is -2.36. The molecule has 168 valence electrons. The Hall–Kier alpha value is -4.27. The molecule has 1 fully saturated rings. The van der Waals surface area contributed by atoms with E-state index >= 15 is 0 Å². The van der Waals surface area contributed by atoms with Crippen LogP contribution in [0.4, 0.5) is 11.4 Å². The van der Waals surface area contributed by atoms with Gasteiger partial charge in [0.15, 0.2) is 5.78 Å². The summed E-state index contributed by atoms with van der Waals surface area (Å²) in [6.45, 7) is 0.773. The highest BCUT2D eigenvalue weighted by molar-refractivity contribution is 6.09. The van der Waals surface area contributed by atoms with Crippen molar-refractivity contribution in [2.24, 2.45) is 5.92 Å². The summed E-state index contributed by atoms with van der Waals surface area (Å²) in [5.74, 6) is -1.30. The van der Waals surface area contributed by atoms with Gasteiger partial charge < -0.3 is 14.7 Å². The van der Waals surface area contributed by atoms with E-state index in [1.807, 2.05) is 6.07 Å². The maximum absolute atomic E-state index is 12.6. The van der Waals surface area contributed by atoms with Gasteiger partial charge in [-0.1, -0.05) is 30.3 Å². The van der Waals surface area contributed by atoms with E-state index in [9.17, 15) is 24.8 Å². The Morgan fingerprint density at radius 1 is 1.00 bits per heavy atom. The number of nitro groups is 1. The monoisotopic (exact) mass is 447 g/mol. The third kappa shape index (κ3) is 4.82. The Morgan fingerprint density at radius 3 is 2.24 bits per heavy atom. The molecule has 4 rings (SSSR count). The van der Waals surface area contributed by atoms with Crippen LogP contribution in [0.1, 0.15) is 28.8 Å². The van der Waals surface area contributed by atoms with E-state index in [1.54, 1.807) is 53.4 Å². The Kier molecular flexibility index (Phi) is 6.30. The van der Waals surface area contributed by atoms with E-state index in [0.717, 1.165) is 0 Å². The van der Waals surface area contributed by atoms with Crippen LogP contribution >= 0.6 is 0 Å². The number of benzene rings is 2. The zero-order chi connectivity index (χ0) is 23.4. The summed E-state index contributed by atoms with van der Waals surface area (Å²) in [4.78, 5) is 40.9. The Balaban J connectivity index is 1.55. The van der Waals surface area contributed by atoms with Gasteiger partial charge >= 0.3 is 17.5 Å². The van der Waals surface area contributed by atoms with Gasteiger partial charge in [0.25, 0.3) is 0 Å². The molecule has 0 spiro atoms. The predicted octanol–water partition coefficient (Wildman–Crippen LogP) is 4.31. The quantitative estimate of drug-likeness (QED) is 0.323. The molecule has 1 aliphatic rings. The maximum atomic E-state index is 12.6. The van der Waals surface area contributed by atoms with Gasteiger partial charge in [0, 0.05) is 30.4 Å². The number of carboxylic acid groups (broad SMARTS) is 1. The van der Waals surface area contributed by atoms with Crippen molar-refractivity contribution in [3.63, 3.8) is 0 Å². The molecule has 0 bridgehead atoms. The number of carboxylic acids is 1. The second-order valence-electron chi connectivity index (χ2n) is 7.66. The van der Waals surface area contributed by atoms with Gasteiger partial charge in [-0.15, -0.1) is 0 Å². The highest BCUT2D eigenvalue weighted by atomic mass is 16.6. The van der Waals surface area contributed by atoms with Crippen molar-refractivity contribution in [2.45, 2.75) is 12.8 Å². The predicted molar refractivity (Wildman–Crippen MR) is 120 cm³/mol. The van der Waals surface area contributed by atoms with Crippen molar-refractivity contribution in [3.8, 4) is 11.6 Å². The van der Waals surface area contributed by atoms with Crippen LogP contribution in [0, 0.1) is 16.0 Å². The summed E-state index contributed by atoms with van der Waals surface area (Å²) in [5, 5.41) is 21.1. The van der Waals surface area contributed by atoms with Gasteiger partial charge in [-0.25, -0.2) is 4.98 Å². The number of nitrogens with zero attached hydrogens (tertiary/aromatic N) is 3. The molecular formula is C24H21N3O6. The molecule has 0 unspecified atom stereocenters. The molecular weight excluding hydrogens is 426 g/mol. The van der Waals surface area contributed by atoms with Gasteiger partial charge in [0.1, 0.15) is 11.4 Å². The van der Waals surface area contributed by atoms with E-state index in [1.165, 1.54) is 12.3 Å². The summed E-state index contributed by atoms with van der Waals surface area (Å²) >= 11 is 0. The molecule has 0 atom stereocenters. The van der Waals surface area contributed by atoms with Crippen LogP contribution in [0.25, 0.3) is 0 Å². The van der Waals surface area contributed by atoms with Crippen LogP contribution in [0.5, 0.6) is 11.6 Å². The number of piperidine rings is 1. The molecule has 1 N–H and O–H groups in total. The zero-order valence-corrected chi connectivity index (χ0v) is 17.6. The number of ether oxygens (including phenoxy) is 1. The molecule has 1 aliphatic heterocycles. The van der Waals surface area contributed by atoms with Gasteiger partial charge in [0.05, 0.1) is 10.8 Å². The molecule has 9 heteroatoms. The molecule has 0 radical (unpaired) electrons. The molecule has 1 saturated heterocycles. The number of rotatable bonds is 7. The van der Waals surface area contributed by atoms with Crippen LogP contribution in [0.2, 0.25) is 0 Å². The van der Waals surface area contributed by atoms with Gasteiger partial charge in [-0.2, -0.15) is 0 Å². The fraction of sp³-hybridized carbons (Fsp3) is 0.208. The fourth-order valence-electron chi connectivity index (χ4n) is 3.84. The second-order valence-corrected chi connectivity index (χ2v) is 7.66. The number of aromatic nitrogens is 1. The first-order valence-electron chi connectivity index (χ1n) is 10.4. The number of aliphatic carboxylic acids is 1. The molecule has 0 amide bonds. The SMILES string of the molecule is O=C(c1ccccc1)c1ccc(Oc2nccc(N3CCC(C(=O)O)CC3)c2[N+](=O)[O-])cc1. The Labute approximate surface area is 189 Å². The minimum atomic E-state index is -0.850. The molecule has 2 heterocycles. The summed E-state index contributed by atoms with van der Waals surface area (Å²) < 4.78 is 5.72. The van der Waals surface area contributed by atoms with Crippen molar-refractivity contribution in [2.75, 3.05) is 18.0 Å². The average Bonchev–Trinajstić information content (AvgIpc) is 2.84. The summed E-state index contributed by atoms with van der Waals surface area (Å²) in [6.07, 6.45) is 2.23. The first-order valence-corrected chi connectivity index (χ1v) is 10.4. The van der Waals surface area contributed by atoms with Crippen molar-refractivity contribution in [1.82, 2.24) is 4.98 Å². The van der Waals surface area contributed by atoms with Crippen molar-refractivity contribution in [1.29, 1.82) is 0 Å². The van der Waals surface area contributed by atoms with Crippen molar-refractivity contribution >= 4 is 23.1 Å². The molecule has 3 aromatic rings. The number of pyridine rings is 1. The zero-order valence-electron chi connectivity index (χ0n) is 17.6. The standard InChI is InChI=1S/C24H21N3O6/c28-22(16-4-2-1-3-5-16)17-6-8-19(9-7-17)33-23-21(27(31)32)20(10-13-25-23)26-14-11-18(12-15-26)24(29)30/h1-10,13,18H,11-12,14-15H2,(H,29,30). The molecule has 0 saturated carbocycles. The van der Waals surface area contributed by atoms with E-state index in [2.05, 4.69) is 4.98 Å². The second kappa shape index (κ2) is 9.47. The van der Waals surface area contributed by atoms with Crippen molar-refractivity contribution in [3.05, 3.63) is 88.1 Å². The lowest BCUT2D eigenvalue weighted by molar-refractivity contribution is -0.385. The van der Waals surface area contributed by atoms with E-state index in [4.69, 9.17) is 4.74 Å². The molecule has 1 aromatic heterocycles. The van der Waals surface area contributed by atoms with Crippen molar-refractivity contribution < 1.29 is 24.4 Å². The van der Waals surface area contributed by atoms with Crippen LogP contribution in [-0.2, 0) is 4.79 Å². The number of carbonyl (C=O) groups excluding carboxylic acids is 1. The fourth-order valence-corrected chi connectivity index (χ4v) is 3.84. The van der Waals surface area contributed by atoms with E-state index < -0.39 is 16.8 Å². The van der Waals surface area contributed by atoms with Crippen LogP contribution in [-0.4, -0.2) is 39.9 Å². The number of carbonyl (C=O) groups is 2. The van der Waals surface area contributed by atoms with Crippen LogP contribution < -0.4 is 9.64 Å². The average molecular weight is 447 g/mol. The van der Waals surface area contributed by atoms with Gasteiger partial charge in [-0.05, 0) is 43.2 Å². The first kappa shape index (κ1) is 21.9. The highest BCUT2D eigenvalue weighted by Gasteiger charge is 2.31. The molecule has 2 aromatic carbocycles. The summed E-state index contributed by atoms with van der Waals surface area (Å²) in [5.41, 5.74) is 1.08. The van der Waals surface area contributed by atoms with Crippen LogP contribution in [0.3, 0.4) is 0 Å². The third-order valence-corrected chi connectivity index (χ3v) is 5.60. The normalized spacial score (nSPS) is 14.0. The van der Waals surface area contributed by atoms with Crippen LogP contribution in [0.15, 0.2) is 66.9 Å². The lowest BCUT2D eigenvalue weighted by atomic mass is 9.97. The minimum absolute atomic E-state index is 0.141. The number of ketones is 1. The Morgan fingerprint density at radius 2 is 1.64 bits per heavy atom. The summed E-state index contributed by atoms with van der Waals surface area (Å²) in [7, 11) is 0. The van der Waals surface area contributed by atoms with Gasteiger partial charge in [0.2, 0.25) is 0 Å². The maximum Gasteiger partial charge on any atom is 0.354 e. The lowest BCUT2D eigenvalue weighted by Gasteiger charge is -2.31. The van der Waals surface area contributed by atoms with E-state index in [0.29, 0.717) is 48.5 Å². The smallest absolute Gasteiger partial charge is 0.354 e. The number of anilines is 1. The minimum Gasteiger partial charge on any atom is -0.481 e.